The number of fused-ring (bicyclic) bond motifs is 2. The third-order valence-corrected chi connectivity index (χ3v) is 5.30. The van der Waals surface area contributed by atoms with Gasteiger partial charge < -0.3 is 5.32 Å². The Morgan fingerprint density at radius 1 is 1.03 bits per heavy atom. The molecule has 150 valence electrons. The number of aryl methyl sites for hydroxylation is 1. The average molecular weight is 424 g/mol. The zero-order valence-electron chi connectivity index (χ0n) is 14.9. The molecule has 4 rings (SSSR count). The van der Waals surface area contributed by atoms with Crippen molar-refractivity contribution in [3.05, 3.63) is 63.7 Å². The zero-order valence-corrected chi connectivity index (χ0v) is 15.6. The maximum absolute atomic E-state index is 12.9. The van der Waals surface area contributed by atoms with Crippen molar-refractivity contribution in [2.75, 3.05) is 5.32 Å². The van der Waals surface area contributed by atoms with Gasteiger partial charge in [-0.05, 0) is 42.3 Å². The van der Waals surface area contributed by atoms with Crippen LogP contribution in [0, 0.1) is 6.92 Å². The summed E-state index contributed by atoms with van der Waals surface area (Å²) in [5.41, 5.74) is -1.29. The first-order chi connectivity index (χ1) is 13.5. The Bertz CT molecular complexity index is 1070. The van der Waals surface area contributed by atoms with Gasteiger partial charge in [-0.1, -0.05) is 23.7 Å². The lowest BCUT2D eigenvalue weighted by molar-refractivity contribution is -0.138. The first-order valence-corrected chi connectivity index (χ1v) is 8.84. The van der Waals surface area contributed by atoms with Crippen LogP contribution in [0.4, 0.5) is 23.7 Å². The van der Waals surface area contributed by atoms with E-state index in [2.05, 4.69) is 10.6 Å². The lowest BCUT2D eigenvalue weighted by atomic mass is 9.88. The number of anilines is 1. The van der Waals surface area contributed by atoms with Crippen molar-refractivity contribution < 1.29 is 27.6 Å². The number of amides is 4. The van der Waals surface area contributed by atoms with Gasteiger partial charge in [-0.3, -0.25) is 19.8 Å². The predicted molar refractivity (Wildman–Crippen MR) is 97.0 cm³/mol. The second-order valence-corrected chi connectivity index (χ2v) is 7.29. The Morgan fingerprint density at radius 3 is 2.28 bits per heavy atom. The maximum Gasteiger partial charge on any atom is 0.416 e. The SMILES string of the molecule is Cc1cc(Cl)cc2c1NC(=O)[C@@]21C(=O)NC(=O)N1Cc1ccc(C(F)(F)F)cc1. The van der Waals surface area contributed by atoms with Gasteiger partial charge in [0.1, 0.15) is 0 Å². The predicted octanol–water partition coefficient (Wildman–Crippen LogP) is 3.57. The standard InChI is InChI=1S/C19H13ClF3N3O3/c1-9-6-12(20)7-13-14(9)24-15(27)18(13)16(28)25-17(29)26(18)8-10-2-4-11(5-3-10)19(21,22)23/h2-7H,8H2,1H3,(H,24,27)(H,25,28,29)/t18-/m1/s1. The largest absolute Gasteiger partial charge is 0.416 e. The fourth-order valence-electron chi connectivity index (χ4n) is 3.72. The molecule has 6 nitrogen and oxygen atoms in total. The van der Waals surface area contributed by atoms with E-state index in [0.717, 1.165) is 17.0 Å². The summed E-state index contributed by atoms with van der Waals surface area (Å²) in [5.74, 6) is -1.57. The van der Waals surface area contributed by atoms with Gasteiger partial charge in [0.15, 0.2) is 0 Å². The zero-order chi connectivity index (χ0) is 21.1. The Kier molecular flexibility index (Phi) is 4.13. The number of nitrogens with zero attached hydrogens (tertiary/aromatic N) is 1. The molecular formula is C19H13ClF3N3O3. The molecule has 1 saturated heterocycles. The quantitative estimate of drug-likeness (QED) is 0.572. The van der Waals surface area contributed by atoms with Gasteiger partial charge in [-0.2, -0.15) is 13.2 Å². The first-order valence-electron chi connectivity index (χ1n) is 8.46. The van der Waals surface area contributed by atoms with E-state index in [-0.39, 0.29) is 17.1 Å². The molecule has 2 aliphatic rings. The van der Waals surface area contributed by atoms with Crippen LogP contribution in [-0.2, 0) is 27.8 Å². The van der Waals surface area contributed by atoms with Crippen molar-refractivity contribution in [1.82, 2.24) is 10.2 Å². The van der Waals surface area contributed by atoms with Crippen LogP contribution in [0.15, 0.2) is 36.4 Å². The van der Waals surface area contributed by atoms with Crippen LogP contribution in [0.25, 0.3) is 0 Å². The van der Waals surface area contributed by atoms with Gasteiger partial charge >= 0.3 is 12.2 Å². The van der Waals surface area contributed by atoms with E-state index in [1.54, 1.807) is 13.0 Å². The van der Waals surface area contributed by atoms with E-state index < -0.39 is 35.1 Å². The Hall–Kier alpha value is -3.07. The number of rotatable bonds is 2. The summed E-state index contributed by atoms with van der Waals surface area (Å²) in [4.78, 5) is 39.2. The fraction of sp³-hybridized carbons (Fsp3) is 0.211. The average Bonchev–Trinajstić information content (AvgIpc) is 3.05. The van der Waals surface area contributed by atoms with Gasteiger partial charge in [0.25, 0.3) is 11.8 Å². The molecule has 29 heavy (non-hydrogen) atoms. The molecule has 2 aliphatic heterocycles. The number of urea groups is 1. The molecular weight excluding hydrogens is 411 g/mol. The number of hydrogen-bond donors (Lipinski definition) is 2. The highest BCUT2D eigenvalue weighted by Crippen LogP contribution is 2.46. The summed E-state index contributed by atoms with van der Waals surface area (Å²) in [5, 5.41) is 5.03. The van der Waals surface area contributed by atoms with Gasteiger partial charge in [0, 0.05) is 17.1 Å². The van der Waals surface area contributed by atoms with E-state index in [0.29, 0.717) is 16.8 Å². The van der Waals surface area contributed by atoms with Crippen molar-refractivity contribution >= 4 is 35.1 Å². The number of halogens is 4. The second-order valence-electron chi connectivity index (χ2n) is 6.85. The molecule has 1 fully saturated rings. The van der Waals surface area contributed by atoms with Crippen LogP contribution in [-0.4, -0.2) is 22.7 Å². The van der Waals surface area contributed by atoms with Crippen LogP contribution in [0.3, 0.4) is 0 Å². The molecule has 2 heterocycles. The smallest absolute Gasteiger partial charge is 0.323 e. The van der Waals surface area contributed by atoms with Crippen LogP contribution in [0.5, 0.6) is 0 Å². The van der Waals surface area contributed by atoms with Crippen molar-refractivity contribution in [1.29, 1.82) is 0 Å². The number of carbonyl (C=O) groups excluding carboxylic acids is 3. The molecule has 2 aromatic carbocycles. The molecule has 2 aromatic rings. The minimum absolute atomic E-state index is 0.225. The van der Waals surface area contributed by atoms with Gasteiger partial charge in [-0.25, -0.2) is 4.79 Å². The first kappa shape index (κ1) is 19.3. The molecule has 0 aromatic heterocycles. The highest BCUT2D eigenvalue weighted by atomic mass is 35.5. The fourth-order valence-corrected chi connectivity index (χ4v) is 3.99. The molecule has 0 aliphatic carbocycles. The summed E-state index contributed by atoms with van der Waals surface area (Å²) in [6.07, 6.45) is -4.50. The number of carbonyl (C=O) groups is 3. The van der Waals surface area contributed by atoms with Gasteiger partial charge in [0.2, 0.25) is 5.54 Å². The molecule has 0 saturated carbocycles. The molecule has 0 bridgehead atoms. The van der Waals surface area contributed by atoms with Gasteiger partial charge in [-0.15, -0.1) is 0 Å². The number of nitrogens with one attached hydrogen (secondary N) is 2. The molecule has 10 heteroatoms. The van der Waals surface area contributed by atoms with E-state index in [1.165, 1.54) is 18.2 Å². The second kappa shape index (κ2) is 6.21. The Morgan fingerprint density at radius 2 is 1.66 bits per heavy atom. The minimum atomic E-state index is -4.50. The Labute approximate surface area is 167 Å². The number of alkyl halides is 3. The van der Waals surface area contributed by atoms with E-state index in [4.69, 9.17) is 11.6 Å². The van der Waals surface area contributed by atoms with Gasteiger partial charge in [0.05, 0.1) is 11.3 Å². The van der Waals surface area contributed by atoms with Crippen molar-refractivity contribution in [3.63, 3.8) is 0 Å². The van der Waals surface area contributed by atoms with E-state index >= 15 is 0 Å². The van der Waals surface area contributed by atoms with E-state index in [1.807, 2.05) is 0 Å². The monoisotopic (exact) mass is 423 g/mol. The van der Waals surface area contributed by atoms with Crippen molar-refractivity contribution in [2.45, 2.75) is 25.2 Å². The lowest BCUT2D eigenvalue weighted by Gasteiger charge is -2.30. The Balaban J connectivity index is 1.79. The summed E-state index contributed by atoms with van der Waals surface area (Å²) in [6, 6.07) is 6.36. The summed E-state index contributed by atoms with van der Waals surface area (Å²) in [6.45, 7) is 1.44. The third-order valence-electron chi connectivity index (χ3n) is 5.08. The topological polar surface area (TPSA) is 78.5 Å². The maximum atomic E-state index is 12.9. The van der Waals surface area contributed by atoms with Crippen LogP contribution >= 0.6 is 11.6 Å². The molecule has 1 atom stereocenters. The molecule has 0 unspecified atom stereocenters. The summed E-state index contributed by atoms with van der Waals surface area (Å²) < 4.78 is 38.4. The molecule has 1 spiro atoms. The van der Waals surface area contributed by atoms with E-state index in [9.17, 15) is 27.6 Å². The molecule has 2 N–H and O–H groups in total. The summed E-state index contributed by atoms with van der Waals surface area (Å²) >= 11 is 6.11. The third kappa shape index (κ3) is 2.76. The number of imide groups is 1. The highest BCUT2D eigenvalue weighted by Gasteiger charge is 2.63. The van der Waals surface area contributed by atoms with Crippen LogP contribution in [0.2, 0.25) is 5.02 Å². The molecule has 0 radical (unpaired) electrons. The van der Waals surface area contributed by atoms with Crippen molar-refractivity contribution in [2.24, 2.45) is 0 Å². The minimum Gasteiger partial charge on any atom is -0.323 e. The lowest BCUT2D eigenvalue weighted by Crippen LogP contribution is -2.51. The van der Waals surface area contributed by atoms with Crippen LogP contribution < -0.4 is 10.6 Å². The normalized spacial score (nSPS) is 20.9. The van der Waals surface area contributed by atoms with Crippen LogP contribution in [0.1, 0.15) is 22.3 Å². The highest BCUT2D eigenvalue weighted by molar-refractivity contribution is 6.32. The number of benzene rings is 2. The summed E-state index contributed by atoms with van der Waals surface area (Å²) in [7, 11) is 0. The van der Waals surface area contributed by atoms with Crippen molar-refractivity contribution in [3.8, 4) is 0 Å². The molecule has 4 amide bonds. The number of hydrogen-bond acceptors (Lipinski definition) is 3.